The molecular weight excluding hydrogens is 342 g/mol. The number of hydrogen-bond acceptors (Lipinski definition) is 3. The van der Waals surface area contributed by atoms with Gasteiger partial charge in [-0.15, -0.1) is 11.3 Å². The molecule has 1 aromatic rings. The maximum Gasteiger partial charge on any atom is 0.193 e. The standard InChI is InChI=1S/C21H35N3OS/c1-21(2,19-9-6-14-26-19)16-23-20(22-3)24-12-10-18(11-13-24)25-15-17-7-4-5-8-17/h6,9,14,17-18H,4-5,7-8,10-13,15-16H2,1-3H3,(H,22,23). The van der Waals surface area contributed by atoms with E-state index in [1.54, 1.807) is 0 Å². The van der Waals surface area contributed by atoms with Gasteiger partial charge < -0.3 is 15.0 Å². The first-order valence-corrected chi connectivity index (χ1v) is 11.1. The molecule has 1 saturated carbocycles. The molecule has 146 valence electrons. The second kappa shape index (κ2) is 9.23. The van der Waals surface area contributed by atoms with Gasteiger partial charge in [-0.1, -0.05) is 32.8 Å². The predicted octanol–water partition coefficient (Wildman–Crippen LogP) is 4.27. The number of nitrogens with one attached hydrogen (secondary N) is 1. The second-order valence-electron chi connectivity index (χ2n) is 8.43. The van der Waals surface area contributed by atoms with Gasteiger partial charge in [0.1, 0.15) is 0 Å². The molecule has 0 radical (unpaired) electrons. The molecule has 5 heteroatoms. The Morgan fingerprint density at radius 2 is 2.00 bits per heavy atom. The van der Waals surface area contributed by atoms with Crippen LogP contribution in [0.15, 0.2) is 22.5 Å². The summed E-state index contributed by atoms with van der Waals surface area (Å²) in [5.41, 5.74) is 0.118. The van der Waals surface area contributed by atoms with Gasteiger partial charge in [0.05, 0.1) is 6.10 Å². The third-order valence-electron chi connectivity index (χ3n) is 5.87. The zero-order valence-electron chi connectivity index (χ0n) is 16.7. The largest absolute Gasteiger partial charge is 0.378 e. The minimum atomic E-state index is 0.118. The number of ether oxygens (including phenoxy) is 1. The Morgan fingerprint density at radius 1 is 1.27 bits per heavy atom. The van der Waals surface area contributed by atoms with Gasteiger partial charge in [0.15, 0.2) is 5.96 Å². The van der Waals surface area contributed by atoms with Crippen LogP contribution in [0.2, 0.25) is 0 Å². The molecule has 0 spiro atoms. The van der Waals surface area contributed by atoms with E-state index in [0.717, 1.165) is 51.0 Å². The third-order valence-corrected chi connectivity index (χ3v) is 7.11. The molecule has 1 aromatic heterocycles. The van der Waals surface area contributed by atoms with Crippen LogP contribution in [0, 0.1) is 5.92 Å². The Bertz CT molecular complexity index is 556. The summed E-state index contributed by atoms with van der Waals surface area (Å²) >= 11 is 1.83. The summed E-state index contributed by atoms with van der Waals surface area (Å²) in [5, 5.41) is 5.76. The molecule has 4 nitrogen and oxygen atoms in total. The van der Waals surface area contributed by atoms with Crippen molar-refractivity contribution in [1.29, 1.82) is 0 Å². The van der Waals surface area contributed by atoms with E-state index in [0.29, 0.717) is 6.10 Å². The highest BCUT2D eigenvalue weighted by Gasteiger charge is 2.26. The number of aliphatic imine (C=N–C) groups is 1. The lowest BCUT2D eigenvalue weighted by molar-refractivity contribution is 0.000991. The lowest BCUT2D eigenvalue weighted by Gasteiger charge is -2.35. The lowest BCUT2D eigenvalue weighted by Crippen LogP contribution is -2.49. The van der Waals surface area contributed by atoms with Crippen molar-refractivity contribution in [3.8, 4) is 0 Å². The number of thiophene rings is 1. The summed E-state index contributed by atoms with van der Waals surface area (Å²) in [6.45, 7) is 8.54. The number of guanidine groups is 1. The molecule has 1 N–H and O–H groups in total. The van der Waals surface area contributed by atoms with Crippen molar-refractivity contribution >= 4 is 17.3 Å². The van der Waals surface area contributed by atoms with Crippen LogP contribution in [0.3, 0.4) is 0 Å². The number of piperidine rings is 1. The molecule has 26 heavy (non-hydrogen) atoms. The van der Waals surface area contributed by atoms with Gasteiger partial charge in [-0.05, 0) is 43.0 Å². The number of likely N-dealkylation sites (tertiary alicyclic amines) is 1. The van der Waals surface area contributed by atoms with E-state index in [2.05, 4.69) is 46.6 Å². The molecule has 0 bridgehead atoms. The van der Waals surface area contributed by atoms with Gasteiger partial charge >= 0.3 is 0 Å². The summed E-state index contributed by atoms with van der Waals surface area (Å²) in [6.07, 6.45) is 8.20. The average molecular weight is 378 g/mol. The van der Waals surface area contributed by atoms with Crippen molar-refractivity contribution < 1.29 is 4.74 Å². The topological polar surface area (TPSA) is 36.9 Å². The summed E-state index contributed by atoms with van der Waals surface area (Å²) in [4.78, 5) is 8.33. The number of rotatable bonds is 6. The van der Waals surface area contributed by atoms with Crippen LogP contribution in [0.4, 0.5) is 0 Å². The van der Waals surface area contributed by atoms with E-state index in [-0.39, 0.29) is 5.41 Å². The molecule has 2 heterocycles. The normalized spacial score (nSPS) is 20.7. The molecule has 2 aliphatic rings. The first-order valence-electron chi connectivity index (χ1n) is 10.2. The van der Waals surface area contributed by atoms with E-state index in [9.17, 15) is 0 Å². The van der Waals surface area contributed by atoms with Crippen molar-refractivity contribution in [2.24, 2.45) is 10.9 Å². The van der Waals surface area contributed by atoms with Crippen LogP contribution < -0.4 is 5.32 Å². The predicted molar refractivity (Wildman–Crippen MR) is 111 cm³/mol. The van der Waals surface area contributed by atoms with Crippen molar-refractivity contribution in [1.82, 2.24) is 10.2 Å². The van der Waals surface area contributed by atoms with E-state index in [1.807, 2.05) is 18.4 Å². The molecule has 1 aliphatic heterocycles. The van der Waals surface area contributed by atoms with Crippen LogP contribution >= 0.6 is 11.3 Å². The Kier molecular flexibility index (Phi) is 6.98. The van der Waals surface area contributed by atoms with Crippen LogP contribution in [0.25, 0.3) is 0 Å². The Hall–Kier alpha value is -1.07. The van der Waals surface area contributed by atoms with Gasteiger partial charge in [-0.2, -0.15) is 0 Å². The molecule has 2 fully saturated rings. The van der Waals surface area contributed by atoms with Crippen LogP contribution in [-0.4, -0.2) is 50.3 Å². The molecule has 0 aromatic carbocycles. The first kappa shape index (κ1) is 19.7. The van der Waals surface area contributed by atoms with Gasteiger partial charge in [-0.3, -0.25) is 4.99 Å². The van der Waals surface area contributed by atoms with Gasteiger partial charge in [-0.25, -0.2) is 0 Å². The van der Waals surface area contributed by atoms with Crippen LogP contribution in [0.5, 0.6) is 0 Å². The summed E-state index contributed by atoms with van der Waals surface area (Å²) in [5.74, 6) is 1.85. The van der Waals surface area contributed by atoms with Gasteiger partial charge in [0.2, 0.25) is 0 Å². The van der Waals surface area contributed by atoms with E-state index >= 15 is 0 Å². The highest BCUT2D eigenvalue weighted by atomic mass is 32.1. The Balaban J connectivity index is 1.42. The zero-order valence-corrected chi connectivity index (χ0v) is 17.5. The first-order chi connectivity index (χ1) is 12.6. The highest BCUT2D eigenvalue weighted by molar-refractivity contribution is 7.10. The van der Waals surface area contributed by atoms with E-state index in [1.165, 1.54) is 30.6 Å². The summed E-state index contributed by atoms with van der Waals surface area (Å²) in [6, 6.07) is 4.36. The van der Waals surface area contributed by atoms with Gasteiger partial charge in [0.25, 0.3) is 0 Å². The molecule has 1 aliphatic carbocycles. The highest BCUT2D eigenvalue weighted by Crippen LogP contribution is 2.27. The monoisotopic (exact) mass is 377 g/mol. The molecule has 3 rings (SSSR count). The minimum absolute atomic E-state index is 0.118. The van der Waals surface area contributed by atoms with E-state index < -0.39 is 0 Å². The van der Waals surface area contributed by atoms with Crippen molar-refractivity contribution in [2.45, 2.75) is 63.9 Å². The average Bonchev–Trinajstić information content (AvgIpc) is 3.35. The summed E-state index contributed by atoms with van der Waals surface area (Å²) in [7, 11) is 1.89. The maximum atomic E-state index is 6.21. The molecule has 0 unspecified atom stereocenters. The fourth-order valence-corrected chi connectivity index (χ4v) is 4.92. The number of nitrogens with zero attached hydrogens (tertiary/aromatic N) is 2. The Labute approximate surface area is 163 Å². The van der Waals surface area contributed by atoms with E-state index in [4.69, 9.17) is 4.74 Å². The quantitative estimate of drug-likeness (QED) is 0.594. The lowest BCUT2D eigenvalue weighted by atomic mass is 9.91. The maximum absolute atomic E-state index is 6.21. The zero-order chi connectivity index (χ0) is 18.4. The van der Waals surface area contributed by atoms with Crippen molar-refractivity contribution in [3.63, 3.8) is 0 Å². The molecule has 1 saturated heterocycles. The van der Waals surface area contributed by atoms with Gasteiger partial charge in [0, 0.05) is 43.6 Å². The Morgan fingerprint density at radius 3 is 2.62 bits per heavy atom. The fourth-order valence-electron chi connectivity index (χ4n) is 4.07. The summed E-state index contributed by atoms with van der Waals surface area (Å²) < 4.78 is 6.21. The smallest absolute Gasteiger partial charge is 0.193 e. The molecule has 0 amide bonds. The second-order valence-corrected chi connectivity index (χ2v) is 9.38. The number of hydrogen-bond donors (Lipinski definition) is 1. The van der Waals surface area contributed by atoms with Crippen LogP contribution in [-0.2, 0) is 10.2 Å². The van der Waals surface area contributed by atoms with Crippen molar-refractivity contribution in [3.05, 3.63) is 22.4 Å². The third kappa shape index (κ3) is 5.23. The van der Waals surface area contributed by atoms with Crippen LogP contribution in [0.1, 0.15) is 57.2 Å². The molecule has 0 atom stereocenters. The molecular formula is C21H35N3OS. The fraction of sp³-hybridized carbons (Fsp3) is 0.762. The SMILES string of the molecule is CN=C(NCC(C)(C)c1cccs1)N1CCC(OCC2CCCC2)CC1. The minimum Gasteiger partial charge on any atom is -0.378 e. The van der Waals surface area contributed by atoms with Crippen molar-refractivity contribution in [2.75, 3.05) is 33.3 Å².